The fraction of sp³-hybridized carbons (Fsp3) is 0.217. The van der Waals surface area contributed by atoms with E-state index in [1.807, 2.05) is 0 Å². The number of benzene rings is 2. The third-order valence-corrected chi connectivity index (χ3v) is 5.97. The molecule has 2 aromatic carbocycles. The Morgan fingerprint density at radius 1 is 1.00 bits per heavy atom. The second-order valence-corrected chi connectivity index (χ2v) is 9.05. The second kappa shape index (κ2) is 10.5. The summed E-state index contributed by atoms with van der Waals surface area (Å²) in [4.78, 5) is 34.2. The van der Waals surface area contributed by atoms with Gasteiger partial charge in [-0.05, 0) is 23.8 Å². The van der Waals surface area contributed by atoms with Crippen LogP contribution in [0.1, 0.15) is 11.4 Å². The van der Waals surface area contributed by atoms with Crippen LogP contribution in [0.4, 0.5) is 33.6 Å². The van der Waals surface area contributed by atoms with Crippen LogP contribution in [0.5, 0.6) is 0 Å². The smallest absolute Gasteiger partial charge is 0.323 e. The number of aryl methyl sites for hydroxylation is 1. The van der Waals surface area contributed by atoms with Crippen LogP contribution in [0.2, 0.25) is 5.02 Å². The third kappa shape index (κ3) is 5.42. The highest BCUT2D eigenvalue weighted by Crippen LogP contribution is 2.25. The molecular formula is C23H17ClF5N9O2. The molecule has 5 rings (SSSR count). The van der Waals surface area contributed by atoms with Gasteiger partial charge in [-0.3, -0.25) is 13.9 Å². The molecule has 0 fully saturated rings. The Morgan fingerprint density at radius 2 is 1.77 bits per heavy atom. The van der Waals surface area contributed by atoms with E-state index in [1.165, 1.54) is 23.3 Å². The molecule has 0 amide bonds. The monoisotopic (exact) mass is 581 g/mol. The number of halogens is 6. The van der Waals surface area contributed by atoms with Crippen LogP contribution in [0, 0.1) is 17.5 Å². The maximum absolute atomic E-state index is 15.0. The first-order valence-electron chi connectivity index (χ1n) is 11.4. The number of aromatic nitrogens is 8. The number of nitrogens with zero attached hydrogens (tertiary/aromatic N) is 8. The number of fused-ring (bicyclic) bond motifs is 1. The summed E-state index contributed by atoms with van der Waals surface area (Å²) >= 11 is 5.76. The third-order valence-electron chi connectivity index (χ3n) is 5.69. The van der Waals surface area contributed by atoms with E-state index in [0.717, 1.165) is 27.4 Å². The van der Waals surface area contributed by atoms with E-state index in [1.54, 1.807) is 7.05 Å². The molecule has 0 atom stereocenters. The Kier molecular flexibility index (Phi) is 7.10. The quantitative estimate of drug-likeness (QED) is 0.221. The van der Waals surface area contributed by atoms with Crippen molar-refractivity contribution >= 4 is 34.1 Å². The molecule has 1 N–H and O–H groups in total. The van der Waals surface area contributed by atoms with E-state index < -0.39 is 59.3 Å². The van der Waals surface area contributed by atoms with Gasteiger partial charge in [0, 0.05) is 24.7 Å². The highest BCUT2D eigenvalue weighted by Gasteiger charge is 2.19. The summed E-state index contributed by atoms with van der Waals surface area (Å²) in [5, 5.41) is 10.2. The van der Waals surface area contributed by atoms with Crippen LogP contribution >= 0.6 is 11.6 Å². The zero-order chi connectivity index (χ0) is 28.7. The molecule has 0 aliphatic carbocycles. The summed E-state index contributed by atoms with van der Waals surface area (Å²) in [7, 11) is 1.58. The van der Waals surface area contributed by atoms with Gasteiger partial charge in [-0.15, -0.1) is 0 Å². The lowest BCUT2D eigenvalue weighted by molar-refractivity contribution is 0.122. The number of nitrogens with one attached hydrogen (secondary N) is 1. The average Bonchev–Trinajstić information content (AvgIpc) is 3.46. The Hall–Kier alpha value is -4.60. The molecule has 0 unspecified atom stereocenters. The van der Waals surface area contributed by atoms with E-state index in [-0.39, 0.29) is 34.5 Å². The zero-order valence-corrected chi connectivity index (χ0v) is 21.1. The number of rotatable bonds is 8. The van der Waals surface area contributed by atoms with Gasteiger partial charge in [0.2, 0.25) is 5.95 Å². The summed E-state index contributed by atoms with van der Waals surface area (Å²) < 4.78 is 72.2. The van der Waals surface area contributed by atoms with E-state index in [0.29, 0.717) is 4.57 Å². The molecule has 0 saturated heterocycles. The normalized spacial score (nSPS) is 11.6. The summed E-state index contributed by atoms with van der Waals surface area (Å²) in [5.74, 6) is -3.79. The fourth-order valence-electron chi connectivity index (χ4n) is 3.93. The summed E-state index contributed by atoms with van der Waals surface area (Å²) in [6.07, 6.45) is -0.0604. The summed E-state index contributed by atoms with van der Waals surface area (Å²) in [5.41, 5.74) is -2.14. The van der Waals surface area contributed by atoms with Crippen molar-refractivity contribution in [1.29, 1.82) is 0 Å². The fourth-order valence-corrected chi connectivity index (χ4v) is 4.16. The van der Waals surface area contributed by atoms with Crippen molar-refractivity contribution in [2.45, 2.75) is 26.1 Å². The van der Waals surface area contributed by atoms with Gasteiger partial charge in [-0.1, -0.05) is 11.6 Å². The van der Waals surface area contributed by atoms with Crippen LogP contribution in [-0.4, -0.2) is 45.1 Å². The molecule has 40 heavy (non-hydrogen) atoms. The number of alkyl halides is 2. The summed E-state index contributed by atoms with van der Waals surface area (Å²) in [6, 6.07) is 4.09. The molecular weight excluding hydrogens is 565 g/mol. The molecule has 0 saturated carbocycles. The van der Waals surface area contributed by atoms with E-state index >= 15 is 0 Å². The zero-order valence-electron chi connectivity index (χ0n) is 20.3. The maximum Gasteiger partial charge on any atom is 0.355 e. The first-order valence-corrected chi connectivity index (χ1v) is 11.8. The van der Waals surface area contributed by atoms with Gasteiger partial charge in [0.15, 0.2) is 17.5 Å². The van der Waals surface area contributed by atoms with Crippen molar-refractivity contribution in [1.82, 2.24) is 38.7 Å². The predicted octanol–water partition coefficient (Wildman–Crippen LogP) is 3.06. The Bertz CT molecular complexity index is 1840. The molecule has 3 aromatic heterocycles. The molecule has 0 spiro atoms. The molecule has 208 valence electrons. The largest absolute Gasteiger partial charge is 0.355 e. The van der Waals surface area contributed by atoms with Crippen LogP contribution < -0.4 is 16.7 Å². The number of hydrogen-bond donors (Lipinski definition) is 1. The SMILES string of the molecule is Cn1cnc(Cn2c(=O)nc(Nc3cc4cn(CC(F)F)nc4cc3F)n(Cc3cc(F)c(F)c(Cl)c3)c2=O)n1. The first-order chi connectivity index (χ1) is 19.0. The lowest BCUT2D eigenvalue weighted by Crippen LogP contribution is -2.43. The van der Waals surface area contributed by atoms with Crippen LogP contribution in [0.25, 0.3) is 10.9 Å². The minimum atomic E-state index is -2.69. The van der Waals surface area contributed by atoms with Gasteiger partial charge < -0.3 is 5.32 Å². The van der Waals surface area contributed by atoms with Gasteiger partial charge in [-0.2, -0.15) is 15.2 Å². The highest BCUT2D eigenvalue weighted by atomic mass is 35.5. The number of hydrogen-bond acceptors (Lipinski definition) is 7. The molecule has 11 nitrogen and oxygen atoms in total. The van der Waals surface area contributed by atoms with E-state index in [4.69, 9.17) is 11.6 Å². The number of anilines is 2. The average molecular weight is 582 g/mol. The Balaban J connectivity index is 1.60. The van der Waals surface area contributed by atoms with Crippen molar-refractivity contribution in [2.24, 2.45) is 7.05 Å². The predicted molar refractivity (Wildman–Crippen MR) is 132 cm³/mol. The molecule has 5 aromatic rings. The van der Waals surface area contributed by atoms with Crippen molar-refractivity contribution in [3.05, 3.63) is 91.6 Å². The van der Waals surface area contributed by atoms with Crippen molar-refractivity contribution in [3.63, 3.8) is 0 Å². The van der Waals surface area contributed by atoms with Crippen molar-refractivity contribution in [3.8, 4) is 0 Å². The molecule has 0 bridgehead atoms. The van der Waals surface area contributed by atoms with E-state index in [9.17, 15) is 31.5 Å². The molecule has 0 aliphatic heterocycles. The summed E-state index contributed by atoms with van der Waals surface area (Å²) in [6.45, 7) is -1.54. The Morgan fingerprint density at radius 3 is 2.45 bits per heavy atom. The maximum atomic E-state index is 15.0. The van der Waals surface area contributed by atoms with Gasteiger partial charge in [0.25, 0.3) is 6.43 Å². The molecule has 0 aliphatic rings. The van der Waals surface area contributed by atoms with Gasteiger partial charge in [0.1, 0.15) is 18.7 Å². The van der Waals surface area contributed by atoms with Crippen LogP contribution in [-0.2, 0) is 26.7 Å². The van der Waals surface area contributed by atoms with Gasteiger partial charge in [0.05, 0.1) is 29.3 Å². The van der Waals surface area contributed by atoms with Crippen molar-refractivity contribution in [2.75, 3.05) is 5.32 Å². The topological polar surface area (TPSA) is 117 Å². The molecule has 3 heterocycles. The standard InChI is InChI=1S/C23H17ClF5N9O2/c1-35-10-30-19(34-35)9-38-22(39)32-21(37(23(38)40)6-11-2-13(24)20(29)15(26)3-11)31-17-4-12-7-36(8-18(27)28)33-16(12)5-14(17)25/h2-5,7,10,18H,6,8-9H2,1H3,(H,31,32,39). The minimum absolute atomic E-state index is 0.0289. The molecule has 0 radical (unpaired) electrons. The Labute approximate surface area is 225 Å². The lowest BCUT2D eigenvalue weighted by atomic mass is 10.2. The van der Waals surface area contributed by atoms with Gasteiger partial charge >= 0.3 is 11.4 Å². The highest BCUT2D eigenvalue weighted by molar-refractivity contribution is 6.30. The van der Waals surface area contributed by atoms with Crippen LogP contribution in [0.15, 0.2) is 46.4 Å². The van der Waals surface area contributed by atoms with Crippen LogP contribution in [0.3, 0.4) is 0 Å². The molecule has 17 heteroatoms. The lowest BCUT2D eigenvalue weighted by Gasteiger charge is -2.16. The van der Waals surface area contributed by atoms with Gasteiger partial charge in [-0.25, -0.2) is 41.1 Å². The second-order valence-electron chi connectivity index (χ2n) is 8.64. The minimum Gasteiger partial charge on any atom is -0.323 e. The van der Waals surface area contributed by atoms with E-state index in [2.05, 4.69) is 25.5 Å². The van der Waals surface area contributed by atoms with Crippen molar-refractivity contribution < 1.29 is 22.0 Å². The first kappa shape index (κ1) is 27.0.